The average Bonchev–Trinajstić information content (AvgIpc) is 2.96. The molecule has 0 aliphatic heterocycles. The van der Waals surface area contributed by atoms with Gasteiger partial charge in [-0.1, -0.05) is 24.3 Å². The molecule has 1 N–H and O–H groups in total. The van der Waals surface area contributed by atoms with Gasteiger partial charge in [0.05, 0.1) is 0 Å². The fourth-order valence-corrected chi connectivity index (χ4v) is 2.27. The van der Waals surface area contributed by atoms with Crippen LogP contribution < -0.4 is 0 Å². The van der Waals surface area contributed by atoms with E-state index < -0.39 is 0 Å². The van der Waals surface area contributed by atoms with E-state index in [9.17, 15) is 5.11 Å². The third-order valence-corrected chi connectivity index (χ3v) is 3.18. The molecule has 0 aliphatic rings. The van der Waals surface area contributed by atoms with Crippen LogP contribution in [0.2, 0.25) is 0 Å². The molecule has 0 bridgehead atoms. The van der Waals surface area contributed by atoms with Gasteiger partial charge in [0.1, 0.15) is 12.0 Å². The second-order valence-corrected chi connectivity index (χ2v) is 4.40. The van der Waals surface area contributed by atoms with E-state index in [1.54, 1.807) is 29.2 Å². The zero-order chi connectivity index (χ0) is 13.5. The largest absolute Gasteiger partial charge is 0.493 e. The summed E-state index contributed by atoms with van der Waals surface area (Å²) < 4.78 is 1.64. The summed E-state index contributed by atoms with van der Waals surface area (Å²) in [4.78, 5) is 3.91. The summed E-state index contributed by atoms with van der Waals surface area (Å²) in [6.45, 7) is 0. The summed E-state index contributed by atoms with van der Waals surface area (Å²) in [5, 5.41) is 23.8. The number of rotatable bonds is 1. The van der Waals surface area contributed by atoms with Crippen molar-refractivity contribution in [2.24, 2.45) is 0 Å². The van der Waals surface area contributed by atoms with Gasteiger partial charge in [-0.15, -0.1) is 10.2 Å². The summed E-state index contributed by atoms with van der Waals surface area (Å²) in [7, 11) is 0. The molecule has 0 atom stereocenters. The van der Waals surface area contributed by atoms with Crippen molar-refractivity contribution in [3.05, 3.63) is 48.9 Å². The van der Waals surface area contributed by atoms with Crippen molar-refractivity contribution in [2.45, 2.75) is 0 Å². The van der Waals surface area contributed by atoms with Gasteiger partial charge in [-0.2, -0.15) is 9.61 Å². The van der Waals surface area contributed by atoms with Crippen LogP contribution in [-0.2, 0) is 0 Å². The number of aromatic hydroxyl groups is 1. The molecule has 0 aliphatic carbocycles. The van der Waals surface area contributed by atoms with Gasteiger partial charge in [0, 0.05) is 28.6 Å². The number of nitrogens with zero attached hydrogens (tertiary/aromatic N) is 5. The minimum atomic E-state index is -0.0107. The lowest BCUT2D eigenvalue weighted by Crippen LogP contribution is -1.96. The molecule has 0 amide bonds. The number of hydrogen-bond donors (Lipinski definition) is 1. The third kappa shape index (κ3) is 1.51. The Kier molecular flexibility index (Phi) is 2.17. The zero-order valence-corrected chi connectivity index (χ0v) is 10.3. The third-order valence-electron chi connectivity index (χ3n) is 3.18. The van der Waals surface area contributed by atoms with Crippen LogP contribution in [0.4, 0.5) is 0 Å². The lowest BCUT2D eigenvalue weighted by atomic mass is 10.1. The van der Waals surface area contributed by atoms with Gasteiger partial charge < -0.3 is 5.11 Å². The van der Waals surface area contributed by atoms with Crippen LogP contribution in [0.3, 0.4) is 0 Å². The number of fused-ring (bicyclic) bond motifs is 3. The predicted octanol–water partition coefficient (Wildman–Crippen LogP) is 2.05. The number of aromatic nitrogens is 5. The zero-order valence-electron chi connectivity index (χ0n) is 10.3. The smallest absolute Gasteiger partial charge is 0.210 e. The van der Waals surface area contributed by atoms with Gasteiger partial charge in [0.15, 0.2) is 5.65 Å². The summed E-state index contributed by atoms with van der Waals surface area (Å²) >= 11 is 0. The van der Waals surface area contributed by atoms with E-state index in [1.807, 2.05) is 24.3 Å². The molecule has 0 saturated heterocycles. The summed E-state index contributed by atoms with van der Waals surface area (Å²) in [6, 6.07) is 11.2. The Hall–Kier alpha value is -3.02. The molecule has 0 radical (unpaired) electrons. The number of hydrogen-bond acceptors (Lipinski definition) is 5. The van der Waals surface area contributed by atoms with E-state index in [2.05, 4.69) is 20.3 Å². The van der Waals surface area contributed by atoms with Gasteiger partial charge >= 0.3 is 0 Å². The van der Waals surface area contributed by atoms with Crippen LogP contribution in [0.5, 0.6) is 5.88 Å². The van der Waals surface area contributed by atoms with E-state index >= 15 is 0 Å². The summed E-state index contributed by atoms with van der Waals surface area (Å²) in [5.74, 6) is -0.0107. The van der Waals surface area contributed by atoms with Crippen molar-refractivity contribution in [3.63, 3.8) is 0 Å². The van der Waals surface area contributed by atoms with E-state index in [1.165, 1.54) is 0 Å². The van der Waals surface area contributed by atoms with Gasteiger partial charge in [-0.25, -0.2) is 4.98 Å². The monoisotopic (exact) mass is 263 g/mol. The molecule has 4 rings (SSSR count). The van der Waals surface area contributed by atoms with Crippen LogP contribution in [0.15, 0.2) is 48.9 Å². The maximum Gasteiger partial charge on any atom is 0.210 e. The highest BCUT2D eigenvalue weighted by Gasteiger charge is 2.11. The Morgan fingerprint density at radius 2 is 1.85 bits per heavy atom. The Labute approximate surface area is 113 Å². The standard InChI is InChI=1S/C14H9N5O/c20-12-6-5-9(7-15-12)13-10-3-1-2-4-11(10)14-17-16-8-19(14)18-13/h1-8H,(H,15,20). The molecule has 4 aromatic rings. The van der Waals surface area contributed by atoms with Gasteiger partial charge in [0.25, 0.3) is 0 Å². The molecular weight excluding hydrogens is 254 g/mol. The van der Waals surface area contributed by atoms with E-state index in [0.717, 1.165) is 27.7 Å². The maximum absolute atomic E-state index is 9.30. The van der Waals surface area contributed by atoms with Gasteiger partial charge in [0.2, 0.25) is 5.88 Å². The Bertz CT molecular complexity index is 914. The number of benzene rings is 1. The Balaban J connectivity index is 2.13. The lowest BCUT2D eigenvalue weighted by Gasteiger charge is -2.06. The van der Waals surface area contributed by atoms with Gasteiger partial charge in [-0.3, -0.25) is 0 Å². The van der Waals surface area contributed by atoms with Crippen molar-refractivity contribution in [1.82, 2.24) is 24.8 Å². The van der Waals surface area contributed by atoms with Crippen molar-refractivity contribution in [1.29, 1.82) is 0 Å². The first-order chi connectivity index (χ1) is 9.83. The normalized spacial score (nSPS) is 11.2. The van der Waals surface area contributed by atoms with Crippen LogP contribution in [-0.4, -0.2) is 29.9 Å². The van der Waals surface area contributed by atoms with E-state index in [-0.39, 0.29) is 5.88 Å². The summed E-state index contributed by atoms with van der Waals surface area (Å²) in [5.41, 5.74) is 2.33. The second-order valence-electron chi connectivity index (χ2n) is 4.40. The first-order valence-electron chi connectivity index (χ1n) is 6.07. The highest BCUT2D eigenvalue weighted by Crippen LogP contribution is 2.28. The highest BCUT2D eigenvalue weighted by atomic mass is 16.3. The molecule has 3 heterocycles. The second kappa shape index (κ2) is 3.99. The SMILES string of the molecule is Oc1ccc(-c2nn3cnnc3c3ccccc23)cn1. The van der Waals surface area contributed by atoms with E-state index in [0.29, 0.717) is 0 Å². The molecular formula is C14H9N5O. The lowest BCUT2D eigenvalue weighted by molar-refractivity contribution is 0.453. The highest BCUT2D eigenvalue weighted by molar-refractivity contribution is 6.01. The van der Waals surface area contributed by atoms with Crippen molar-refractivity contribution in [2.75, 3.05) is 0 Å². The Morgan fingerprint density at radius 3 is 2.65 bits per heavy atom. The molecule has 3 aromatic heterocycles. The molecule has 96 valence electrons. The fourth-order valence-electron chi connectivity index (χ4n) is 2.27. The van der Waals surface area contributed by atoms with Crippen molar-refractivity contribution in [3.8, 4) is 17.1 Å². The van der Waals surface area contributed by atoms with Crippen LogP contribution in [0.25, 0.3) is 27.7 Å². The minimum absolute atomic E-state index is 0.0107. The first-order valence-corrected chi connectivity index (χ1v) is 6.07. The topological polar surface area (TPSA) is 76.2 Å². The van der Waals surface area contributed by atoms with Crippen molar-refractivity contribution < 1.29 is 5.11 Å². The first kappa shape index (κ1) is 10.9. The quantitative estimate of drug-likeness (QED) is 0.568. The molecule has 20 heavy (non-hydrogen) atoms. The molecule has 0 spiro atoms. The predicted molar refractivity (Wildman–Crippen MR) is 73.2 cm³/mol. The molecule has 6 heteroatoms. The maximum atomic E-state index is 9.30. The van der Waals surface area contributed by atoms with Gasteiger partial charge in [-0.05, 0) is 6.07 Å². The fraction of sp³-hybridized carbons (Fsp3) is 0. The van der Waals surface area contributed by atoms with Crippen LogP contribution >= 0.6 is 0 Å². The minimum Gasteiger partial charge on any atom is -0.493 e. The molecule has 0 unspecified atom stereocenters. The van der Waals surface area contributed by atoms with E-state index in [4.69, 9.17) is 0 Å². The number of pyridine rings is 1. The molecule has 6 nitrogen and oxygen atoms in total. The van der Waals surface area contributed by atoms with Crippen molar-refractivity contribution >= 4 is 16.4 Å². The van der Waals surface area contributed by atoms with Crippen LogP contribution in [0.1, 0.15) is 0 Å². The molecule has 0 saturated carbocycles. The summed E-state index contributed by atoms with van der Waals surface area (Å²) in [6.07, 6.45) is 3.17. The molecule has 1 aromatic carbocycles. The average molecular weight is 263 g/mol. The van der Waals surface area contributed by atoms with Crippen LogP contribution in [0, 0.1) is 0 Å². The molecule has 0 fully saturated rings. The Morgan fingerprint density at radius 1 is 1.00 bits per heavy atom.